The third kappa shape index (κ3) is 2.68. The fourth-order valence-corrected chi connectivity index (χ4v) is 1.29. The molecule has 0 aliphatic heterocycles. The number of aliphatic carboxylic acids is 1. The van der Waals surface area contributed by atoms with Crippen molar-refractivity contribution in [3.05, 3.63) is 29.6 Å². The van der Waals surface area contributed by atoms with Gasteiger partial charge in [0.1, 0.15) is 11.9 Å². The molecule has 0 aliphatic rings. The molecule has 0 bridgehead atoms. The van der Waals surface area contributed by atoms with Gasteiger partial charge in [-0.1, -0.05) is 19.1 Å². The molecule has 0 saturated heterocycles. The van der Waals surface area contributed by atoms with E-state index in [1.807, 2.05) is 0 Å². The van der Waals surface area contributed by atoms with Crippen LogP contribution in [0.3, 0.4) is 0 Å². The van der Waals surface area contributed by atoms with Gasteiger partial charge in [-0.15, -0.1) is 0 Å². The van der Waals surface area contributed by atoms with Crippen LogP contribution in [0.2, 0.25) is 0 Å². The summed E-state index contributed by atoms with van der Waals surface area (Å²) in [6.07, 6.45) is 0.405. The second-order valence-electron chi connectivity index (χ2n) is 3.38. The minimum absolute atomic E-state index is 0.240. The molecular weight excluding hydrogens is 197 g/mol. The molecule has 0 spiro atoms. The van der Waals surface area contributed by atoms with Crippen LogP contribution < -0.4 is 5.32 Å². The Morgan fingerprint density at radius 1 is 1.60 bits per heavy atom. The molecule has 0 fully saturated rings. The van der Waals surface area contributed by atoms with E-state index >= 15 is 0 Å². The minimum atomic E-state index is -0.974. The molecule has 15 heavy (non-hydrogen) atoms. The van der Waals surface area contributed by atoms with Crippen molar-refractivity contribution in [3.8, 4) is 0 Å². The van der Waals surface area contributed by atoms with Gasteiger partial charge in [0.15, 0.2) is 0 Å². The fourth-order valence-electron chi connectivity index (χ4n) is 1.29. The first-order valence-corrected chi connectivity index (χ1v) is 4.80. The predicted octanol–water partition coefficient (Wildman–Crippen LogP) is 2.41. The molecule has 0 aromatic heterocycles. The van der Waals surface area contributed by atoms with Crippen molar-refractivity contribution < 1.29 is 14.3 Å². The monoisotopic (exact) mass is 211 g/mol. The number of aryl methyl sites for hydroxylation is 1. The van der Waals surface area contributed by atoms with Crippen LogP contribution in [0.15, 0.2) is 18.2 Å². The van der Waals surface area contributed by atoms with Crippen molar-refractivity contribution in [1.82, 2.24) is 0 Å². The highest BCUT2D eigenvalue weighted by atomic mass is 19.1. The number of carboxylic acid groups (broad SMARTS) is 1. The van der Waals surface area contributed by atoms with Gasteiger partial charge in [-0.2, -0.15) is 0 Å². The van der Waals surface area contributed by atoms with Crippen LogP contribution in [-0.2, 0) is 4.79 Å². The molecule has 1 aromatic rings. The largest absolute Gasteiger partial charge is 0.480 e. The Hall–Kier alpha value is -1.58. The van der Waals surface area contributed by atoms with Crippen molar-refractivity contribution in [2.75, 3.05) is 5.32 Å². The van der Waals surface area contributed by atoms with Gasteiger partial charge in [0, 0.05) is 0 Å². The molecule has 2 N–H and O–H groups in total. The highest BCUT2D eigenvalue weighted by Crippen LogP contribution is 2.18. The first-order valence-electron chi connectivity index (χ1n) is 4.80. The molecule has 1 aromatic carbocycles. The zero-order valence-corrected chi connectivity index (χ0v) is 8.75. The van der Waals surface area contributed by atoms with E-state index in [-0.39, 0.29) is 5.69 Å². The zero-order valence-electron chi connectivity index (χ0n) is 8.75. The fraction of sp³-hybridized carbons (Fsp3) is 0.364. The Kier molecular flexibility index (Phi) is 3.66. The average molecular weight is 211 g/mol. The summed E-state index contributed by atoms with van der Waals surface area (Å²) in [5, 5.41) is 11.5. The Morgan fingerprint density at radius 3 is 2.80 bits per heavy atom. The maximum absolute atomic E-state index is 13.5. The Balaban J connectivity index is 2.88. The number of rotatable bonds is 4. The van der Waals surface area contributed by atoms with Crippen LogP contribution in [0.25, 0.3) is 0 Å². The van der Waals surface area contributed by atoms with Crippen LogP contribution in [0, 0.1) is 12.7 Å². The van der Waals surface area contributed by atoms with Crippen molar-refractivity contribution in [2.45, 2.75) is 26.3 Å². The van der Waals surface area contributed by atoms with E-state index in [1.54, 1.807) is 26.0 Å². The van der Waals surface area contributed by atoms with Crippen LogP contribution in [0.4, 0.5) is 10.1 Å². The third-order valence-electron chi connectivity index (χ3n) is 2.23. The molecular formula is C11H14FNO2. The lowest BCUT2D eigenvalue weighted by Crippen LogP contribution is -2.28. The molecule has 0 saturated carbocycles. The van der Waals surface area contributed by atoms with Crippen molar-refractivity contribution in [3.63, 3.8) is 0 Å². The van der Waals surface area contributed by atoms with Gasteiger partial charge in [-0.05, 0) is 25.0 Å². The molecule has 1 atom stereocenters. The molecule has 1 rings (SSSR count). The summed E-state index contributed by atoms with van der Waals surface area (Å²) >= 11 is 0. The summed E-state index contributed by atoms with van der Waals surface area (Å²) in [6.45, 7) is 3.38. The lowest BCUT2D eigenvalue weighted by Gasteiger charge is -2.14. The van der Waals surface area contributed by atoms with Gasteiger partial charge >= 0.3 is 5.97 Å². The maximum Gasteiger partial charge on any atom is 0.326 e. The lowest BCUT2D eigenvalue weighted by atomic mass is 10.1. The molecule has 0 amide bonds. The number of hydrogen-bond donors (Lipinski definition) is 2. The van der Waals surface area contributed by atoms with E-state index in [0.29, 0.717) is 12.0 Å². The van der Waals surface area contributed by atoms with Gasteiger partial charge in [0.2, 0.25) is 0 Å². The van der Waals surface area contributed by atoms with E-state index in [2.05, 4.69) is 5.32 Å². The SMILES string of the molecule is CCC(Nc1cccc(C)c1F)C(=O)O. The summed E-state index contributed by atoms with van der Waals surface area (Å²) < 4.78 is 13.5. The first-order chi connectivity index (χ1) is 7.06. The highest BCUT2D eigenvalue weighted by Gasteiger charge is 2.16. The number of anilines is 1. The normalized spacial score (nSPS) is 12.2. The van der Waals surface area contributed by atoms with E-state index in [1.165, 1.54) is 6.07 Å². The molecule has 82 valence electrons. The number of nitrogens with one attached hydrogen (secondary N) is 1. The zero-order chi connectivity index (χ0) is 11.4. The number of halogens is 1. The van der Waals surface area contributed by atoms with Gasteiger partial charge in [-0.3, -0.25) is 0 Å². The van der Waals surface area contributed by atoms with Crippen LogP contribution in [0.5, 0.6) is 0 Å². The van der Waals surface area contributed by atoms with Gasteiger partial charge in [0.05, 0.1) is 5.69 Å². The predicted molar refractivity (Wildman–Crippen MR) is 56.5 cm³/mol. The van der Waals surface area contributed by atoms with E-state index in [9.17, 15) is 9.18 Å². The molecule has 0 radical (unpaired) electrons. The van der Waals surface area contributed by atoms with Gasteiger partial charge in [-0.25, -0.2) is 9.18 Å². The summed E-state index contributed by atoms with van der Waals surface area (Å²) in [5.41, 5.74) is 0.740. The number of hydrogen-bond acceptors (Lipinski definition) is 2. The average Bonchev–Trinajstić information content (AvgIpc) is 2.19. The summed E-state index contributed by atoms with van der Waals surface area (Å²) in [5.74, 6) is -1.37. The lowest BCUT2D eigenvalue weighted by molar-refractivity contribution is -0.137. The van der Waals surface area contributed by atoms with Crippen molar-refractivity contribution in [1.29, 1.82) is 0 Å². The van der Waals surface area contributed by atoms with E-state index in [4.69, 9.17) is 5.11 Å². The maximum atomic E-state index is 13.5. The number of carboxylic acids is 1. The molecule has 0 heterocycles. The molecule has 3 nitrogen and oxygen atoms in total. The van der Waals surface area contributed by atoms with Crippen LogP contribution in [0.1, 0.15) is 18.9 Å². The highest BCUT2D eigenvalue weighted by molar-refractivity contribution is 5.77. The minimum Gasteiger partial charge on any atom is -0.480 e. The quantitative estimate of drug-likeness (QED) is 0.804. The van der Waals surface area contributed by atoms with Crippen LogP contribution in [-0.4, -0.2) is 17.1 Å². The third-order valence-corrected chi connectivity index (χ3v) is 2.23. The smallest absolute Gasteiger partial charge is 0.326 e. The van der Waals surface area contributed by atoms with Gasteiger partial charge < -0.3 is 10.4 Å². The second kappa shape index (κ2) is 4.77. The van der Waals surface area contributed by atoms with E-state index in [0.717, 1.165) is 0 Å². The summed E-state index contributed by atoms with van der Waals surface area (Å²) in [7, 11) is 0. The summed E-state index contributed by atoms with van der Waals surface area (Å²) in [4.78, 5) is 10.7. The summed E-state index contributed by atoms with van der Waals surface area (Å²) in [6, 6.07) is 4.12. The number of benzene rings is 1. The van der Waals surface area contributed by atoms with Gasteiger partial charge in [0.25, 0.3) is 0 Å². The van der Waals surface area contributed by atoms with E-state index < -0.39 is 17.8 Å². The molecule has 1 unspecified atom stereocenters. The first kappa shape index (κ1) is 11.5. The standard InChI is InChI=1S/C11H14FNO2/c1-3-8(11(14)15)13-9-6-4-5-7(2)10(9)12/h4-6,8,13H,3H2,1-2H3,(H,14,15). The number of carbonyl (C=O) groups is 1. The Morgan fingerprint density at radius 2 is 2.27 bits per heavy atom. The second-order valence-corrected chi connectivity index (χ2v) is 3.38. The van der Waals surface area contributed by atoms with Crippen molar-refractivity contribution >= 4 is 11.7 Å². The Labute approximate surface area is 87.9 Å². The van der Waals surface area contributed by atoms with Crippen LogP contribution >= 0.6 is 0 Å². The Bertz CT molecular complexity index is 366. The molecule has 4 heteroatoms. The molecule has 0 aliphatic carbocycles. The topological polar surface area (TPSA) is 49.3 Å². The van der Waals surface area contributed by atoms with Crippen molar-refractivity contribution in [2.24, 2.45) is 0 Å².